The summed E-state index contributed by atoms with van der Waals surface area (Å²) < 4.78 is 32.9. The van der Waals surface area contributed by atoms with Crippen LogP contribution in [-0.2, 0) is 10.1 Å². The monoisotopic (exact) mass is 388 g/mol. The van der Waals surface area contributed by atoms with Crippen LogP contribution in [0.25, 0.3) is 0 Å². The summed E-state index contributed by atoms with van der Waals surface area (Å²) >= 11 is 0. The van der Waals surface area contributed by atoms with Crippen molar-refractivity contribution >= 4 is 10.1 Å². The summed E-state index contributed by atoms with van der Waals surface area (Å²) in [6, 6.07) is 0. The van der Waals surface area contributed by atoms with Crippen LogP contribution in [0.4, 0.5) is 0 Å². The Morgan fingerprint density at radius 3 is 1.67 bits per heavy atom. The largest absolute Gasteiger partial charge is 1.00 e. The minimum atomic E-state index is -4.14. The van der Waals surface area contributed by atoms with Crippen LogP contribution in [0.5, 0.6) is 0 Å². The van der Waals surface area contributed by atoms with Gasteiger partial charge in [0.15, 0.2) is 0 Å². The fourth-order valence-corrected chi connectivity index (χ4v) is 3.83. The second kappa shape index (κ2) is 17.9. The van der Waals surface area contributed by atoms with E-state index in [2.05, 4.69) is 6.92 Å². The molecule has 6 heteroatoms. The molecule has 0 heterocycles. The minimum Gasteiger partial charge on any atom is -0.748 e. The number of hydrogen-bond acceptors (Lipinski definition) is 4. The summed E-state index contributed by atoms with van der Waals surface area (Å²) in [5, 5.41) is 9.19. The zero-order valence-electron chi connectivity index (χ0n) is 16.1. The quantitative estimate of drug-likeness (QED) is 0.248. The molecule has 2 unspecified atom stereocenters. The summed E-state index contributed by atoms with van der Waals surface area (Å²) in [5.74, 6) is 0. The van der Waals surface area contributed by atoms with Crippen molar-refractivity contribution in [2.75, 3.05) is 0 Å². The standard InChI is InChI=1S/C18H38O4S.K/c1-3-5-6-7-8-9-11-14-17(19)15-12-10-13-16-18(4-2)23(20,21)22;/h17-19H,3-16H2,1-2H3,(H,20,21,22);/q;+1/p-1. The third-order valence-corrected chi connectivity index (χ3v) is 5.95. The van der Waals surface area contributed by atoms with Crippen LogP contribution < -0.4 is 51.4 Å². The SMILES string of the molecule is CCCCCCCCCC(O)CCCCCC(CC)S(=O)(=O)[O-].[K+]. The van der Waals surface area contributed by atoms with E-state index in [1.807, 2.05) is 0 Å². The van der Waals surface area contributed by atoms with Gasteiger partial charge in [0.2, 0.25) is 0 Å². The van der Waals surface area contributed by atoms with E-state index in [1.165, 1.54) is 38.5 Å². The van der Waals surface area contributed by atoms with Gasteiger partial charge < -0.3 is 9.66 Å². The molecule has 0 saturated carbocycles. The van der Waals surface area contributed by atoms with Gasteiger partial charge >= 0.3 is 51.4 Å². The first-order valence-corrected chi connectivity index (χ1v) is 11.0. The molecule has 0 aliphatic heterocycles. The molecule has 24 heavy (non-hydrogen) atoms. The van der Waals surface area contributed by atoms with E-state index in [0.717, 1.165) is 38.5 Å². The van der Waals surface area contributed by atoms with Crippen LogP contribution in [0.1, 0.15) is 104 Å². The molecule has 0 fully saturated rings. The molecule has 0 amide bonds. The zero-order valence-corrected chi connectivity index (χ0v) is 20.1. The number of aliphatic hydroxyl groups excluding tert-OH is 1. The summed E-state index contributed by atoms with van der Waals surface area (Å²) in [5.41, 5.74) is 0. The average Bonchev–Trinajstić information content (AvgIpc) is 2.48. The fraction of sp³-hybridized carbons (Fsp3) is 1.00. The predicted octanol–water partition coefficient (Wildman–Crippen LogP) is 1.77. The average molecular weight is 389 g/mol. The van der Waals surface area contributed by atoms with E-state index in [9.17, 15) is 18.1 Å². The van der Waals surface area contributed by atoms with Gasteiger partial charge in [-0.3, -0.25) is 0 Å². The van der Waals surface area contributed by atoms with Crippen LogP contribution in [0.3, 0.4) is 0 Å². The van der Waals surface area contributed by atoms with Gasteiger partial charge in [-0.15, -0.1) is 0 Å². The van der Waals surface area contributed by atoms with Gasteiger partial charge in [-0.25, -0.2) is 8.42 Å². The molecule has 0 rings (SSSR count). The van der Waals surface area contributed by atoms with Gasteiger partial charge in [0, 0.05) is 5.25 Å². The van der Waals surface area contributed by atoms with Crippen molar-refractivity contribution < 1.29 is 69.5 Å². The Balaban J connectivity index is 0. The summed E-state index contributed by atoms with van der Waals surface area (Å²) in [6.07, 6.45) is 13.7. The van der Waals surface area contributed by atoms with Gasteiger partial charge in [0.25, 0.3) is 0 Å². The maximum atomic E-state index is 11.0. The Hall–Kier alpha value is 1.51. The van der Waals surface area contributed by atoms with Crippen molar-refractivity contribution in [2.45, 2.75) is 115 Å². The van der Waals surface area contributed by atoms with Gasteiger partial charge in [-0.2, -0.15) is 0 Å². The normalized spacial score (nSPS) is 14.2. The zero-order chi connectivity index (χ0) is 17.6. The second-order valence-electron chi connectivity index (χ2n) is 6.72. The Labute approximate surface area is 192 Å². The summed E-state index contributed by atoms with van der Waals surface area (Å²) in [7, 11) is -4.14. The van der Waals surface area contributed by atoms with Gasteiger partial charge in [-0.05, 0) is 25.7 Å². The van der Waals surface area contributed by atoms with Crippen molar-refractivity contribution in [1.29, 1.82) is 0 Å². The molecular weight excluding hydrogens is 351 g/mol. The smallest absolute Gasteiger partial charge is 0.748 e. The van der Waals surface area contributed by atoms with Crippen LogP contribution in [0, 0.1) is 0 Å². The molecule has 2 atom stereocenters. The molecule has 0 bridgehead atoms. The van der Waals surface area contributed by atoms with Crippen LogP contribution in [-0.4, -0.2) is 29.4 Å². The van der Waals surface area contributed by atoms with Crippen molar-refractivity contribution in [3.63, 3.8) is 0 Å². The van der Waals surface area contributed by atoms with Crippen molar-refractivity contribution in [1.82, 2.24) is 0 Å². The Kier molecular flexibility index (Phi) is 20.7. The molecule has 4 nitrogen and oxygen atoms in total. The fourth-order valence-electron chi connectivity index (χ4n) is 2.96. The Morgan fingerprint density at radius 1 is 0.792 bits per heavy atom. The molecule has 140 valence electrons. The topological polar surface area (TPSA) is 77.4 Å². The van der Waals surface area contributed by atoms with Gasteiger partial charge in [-0.1, -0.05) is 78.1 Å². The number of aliphatic hydroxyl groups is 1. The molecule has 0 aliphatic rings. The molecule has 0 aliphatic carbocycles. The first kappa shape index (κ1) is 27.7. The second-order valence-corrected chi connectivity index (χ2v) is 8.38. The van der Waals surface area contributed by atoms with Gasteiger partial charge in [0.1, 0.15) is 0 Å². The van der Waals surface area contributed by atoms with Gasteiger partial charge in [0.05, 0.1) is 16.2 Å². The van der Waals surface area contributed by atoms with E-state index in [1.54, 1.807) is 6.92 Å². The molecule has 0 spiro atoms. The molecule has 0 aromatic heterocycles. The van der Waals surface area contributed by atoms with E-state index >= 15 is 0 Å². The minimum absolute atomic E-state index is 0. The maximum absolute atomic E-state index is 11.0. The van der Waals surface area contributed by atoms with Crippen LogP contribution >= 0.6 is 0 Å². The van der Waals surface area contributed by atoms with Crippen LogP contribution in [0.2, 0.25) is 0 Å². The predicted molar refractivity (Wildman–Crippen MR) is 95.5 cm³/mol. The molecule has 0 aromatic carbocycles. The third kappa shape index (κ3) is 16.9. The molecule has 0 aromatic rings. The third-order valence-electron chi connectivity index (χ3n) is 4.57. The maximum Gasteiger partial charge on any atom is 1.00 e. The first-order chi connectivity index (χ1) is 10.9. The van der Waals surface area contributed by atoms with Crippen molar-refractivity contribution in [3.8, 4) is 0 Å². The van der Waals surface area contributed by atoms with Crippen molar-refractivity contribution in [2.24, 2.45) is 0 Å². The number of rotatable bonds is 16. The van der Waals surface area contributed by atoms with Crippen molar-refractivity contribution in [3.05, 3.63) is 0 Å². The van der Waals surface area contributed by atoms with E-state index in [-0.39, 0.29) is 57.5 Å². The molecule has 0 radical (unpaired) electrons. The van der Waals surface area contributed by atoms with E-state index < -0.39 is 15.4 Å². The Bertz CT molecular complexity index is 360. The molecule has 1 N–H and O–H groups in total. The number of hydrogen-bond donors (Lipinski definition) is 1. The van der Waals surface area contributed by atoms with Crippen LogP contribution in [0.15, 0.2) is 0 Å². The van der Waals surface area contributed by atoms with E-state index in [4.69, 9.17) is 0 Å². The Morgan fingerprint density at radius 2 is 1.21 bits per heavy atom. The summed E-state index contributed by atoms with van der Waals surface area (Å²) in [4.78, 5) is 0. The molecular formula is C18H37KO4S. The molecule has 0 saturated heterocycles. The number of unbranched alkanes of at least 4 members (excludes halogenated alkanes) is 8. The summed E-state index contributed by atoms with van der Waals surface area (Å²) in [6.45, 7) is 3.96. The first-order valence-electron chi connectivity index (χ1n) is 9.54. The van der Waals surface area contributed by atoms with E-state index in [0.29, 0.717) is 12.8 Å².